The van der Waals surface area contributed by atoms with Crippen LogP contribution >= 0.6 is 0 Å². The Kier molecular flexibility index (Phi) is 5.84. The molecule has 0 saturated carbocycles. The first-order valence-electron chi connectivity index (χ1n) is 7.99. The van der Waals surface area contributed by atoms with Gasteiger partial charge in [0.2, 0.25) is 10.0 Å². The van der Waals surface area contributed by atoms with Gasteiger partial charge < -0.3 is 5.32 Å². The van der Waals surface area contributed by atoms with Crippen LogP contribution in [-0.4, -0.2) is 68.2 Å². The van der Waals surface area contributed by atoms with Crippen LogP contribution < -0.4 is 5.32 Å². The molecular weight excluding hydrogens is 274 g/mol. The largest absolute Gasteiger partial charge is 0.315 e. The maximum Gasteiger partial charge on any atom is 0.218 e. The summed E-state index contributed by atoms with van der Waals surface area (Å²) in [5.41, 5.74) is 0. The molecule has 0 aromatic rings. The first kappa shape index (κ1) is 16.2. The van der Waals surface area contributed by atoms with E-state index in [0.717, 1.165) is 38.9 Å². The predicted octanol–water partition coefficient (Wildman–Crippen LogP) is 0.874. The van der Waals surface area contributed by atoms with Crippen LogP contribution in [0.5, 0.6) is 0 Å². The van der Waals surface area contributed by atoms with E-state index >= 15 is 0 Å². The van der Waals surface area contributed by atoms with Crippen molar-refractivity contribution in [2.45, 2.75) is 50.8 Å². The second kappa shape index (κ2) is 7.20. The molecule has 2 aliphatic rings. The molecule has 118 valence electrons. The Hall–Kier alpha value is -0.170. The highest BCUT2D eigenvalue weighted by atomic mass is 32.2. The Bertz CT molecular complexity index is 399. The SMILES string of the molecule is CCCNCC(C)S(=O)(=O)N1CCCN2CCCC2C1. The zero-order valence-corrected chi connectivity index (χ0v) is 13.7. The van der Waals surface area contributed by atoms with E-state index in [4.69, 9.17) is 0 Å². The van der Waals surface area contributed by atoms with Crippen molar-refractivity contribution in [3.8, 4) is 0 Å². The third-order valence-electron chi connectivity index (χ3n) is 4.49. The molecule has 6 heteroatoms. The maximum atomic E-state index is 12.7. The fraction of sp³-hybridized carbons (Fsp3) is 1.00. The van der Waals surface area contributed by atoms with Crippen molar-refractivity contribution in [1.29, 1.82) is 0 Å². The molecule has 20 heavy (non-hydrogen) atoms. The molecule has 2 rings (SSSR count). The molecule has 0 aromatic heterocycles. The number of fused-ring (bicyclic) bond motifs is 1. The van der Waals surface area contributed by atoms with Crippen molar-refractivity contribution in [3.63, 3.8) is 0 Å². The van der Waals surface area contributed by atoms with Gasteiger partial charge in [0.15, 0.2) is 0 Å². The van der Waals surface area contributed by atoms with Crippen LogP contribution in [0.3, 0.4) is 0 Å². The van der Waals surface area contributed by atoms with E-state index in [0.29, 0.717) is 25.7 Å². The topological polar surface area (TPSA) is 52.7 Å². The molecule has 1 N–H and O–H groups in total. The van der Waals surface area contributed by atoms with Gasteiger partial charge in [-0.25, -0.2) is 12.7 Å². The van der Waals surface area contributed by atoms with Crippen LogP contribution in [0, 0.1) is 0 Å². The Morgan fingerprint density at radius 2 is 2.00 bits per heavy atom. The summed E-state index contributed by atoms with van der Waals surface area (Å²) < 4.78 is 27.1. The molecule has 2 atom stereocenters. The van der Waals surface area contributed by atoms with E-state index < -0.39 is 10.0 Å². The molecule has 5 nitrogen and oxygen atoms in total. The Morgan fingerprint density at radius 1 is 1.25 bits per heavy atom. The summed E-state index contributed by atoms with van der Waals surface area (Å²) in [6.07, 6.45) is 4.36. The van der Waals surface area contributed by atoms with Crippen molar-refractivity contribution in [1.82, 2.24) is 14.5 Å². The summed E-state index contributed by atoms with van der Waals surface area (Å²) >= 11 is 0. The molecule has 0 spiro atoms. The number of rotatable bonds is 6. The third kappa shape index (κ3) is 3.72. The lowest BCUT2D eigenvalue weighted by Gasteiger charge is -2.27. The molecule has 2 saturated heterocycles. The van der Waals surface area contributed by atoms with Gasteiger partial charge in [-0.3, -0.25) is 4.90 Å². The number of nitrogens with one attached hydrogen (secondary N) is 1. The molecule has 0 amide bonds. The number of nitrogens with zero attached hydrogens (tertiary/aromatic N) is 2. The minimum absolute atomic E-state index is 0.331. The standard InChI is InChI=1S/C14H29N3O2S/c1-3-7-15-11-13(2)20(18,19)17-10-5-9-16-8-4-6-14(16)12-17/h13-15H,3-12H2,1-2H3. The lowest BCUT2D eigenvalue weighted by molar-refractivity contribution is 0.257. The van der Waals surface area contributed by atoms with Gasteiger partial charge in [0.05, 0.1) is 5.25 Å². The summed E-state index contributed by atoms with van der Waals surface area (Å²) in [5, 5.41) is 2.89. The Balaban J connectivity index is 1.96. The summed E-state index contributed by atoms with van der Waals surface area (Å²) in [6, 6.07) is 0.447. The van der Waals surface area contributed by atoms with Crippen molar-refractivity contribution in [2.75, 3.05) is 39.3 Å². The lowest BCUT2D eigenvalue weighted by atomic mass is 10.2. The van der Waals surface area contributed by atoms with Crippen LogP contribution in [0.25, 0.3) is 0 Å². The molecular formula is C14H29N3O2S. The van der Waals surface area contributed by atoms with Crippen molar-refractivity contribution in [2.24, 2.45) is 0 Å². The van der Waals surface area contributed by atoms with Crippen LogP contribution in [0.2, 0.25) is 0 Å². The average Bonchev–Trinajstić information content (AvgIpc) is 2.75. The minimum atomic E-state index is -3.16. The highest BCUT2D eigenvalue weighted by Gasteiger charge is 2.35. The maximum absolute atomic E-state index is 12.7. The molecule has 0 aliphatic carbocycles. The normalized spacial score (nSPS) is 27.2. The highest BCUT2D eigenvalue weighted by molar-refractivity contribution is 7.89. The van der Waals surface area contributed by atoms with Gasteiger partial charge in [-0.1, -0.05) is 6.92 Å². The first-order valence-corrected chi connectivity index (χ1v) is 9.49. The van der Waals surface area contributed by atoms with Gasteiger partial charge in [0.1, 0.15) is 0 Å². The fourth-order valence-corrected chi connectivity index (χ4v) is 4.85. The zero-order chi connectivity index (χ0) is 14.6. The Labute approximate surface area is 123 Å². The van der Waals surface area contributed by atoms with Gasteiger partial charge in [-0.2, -0.15) is 0 Å². The summed E-state index contributed by atoms with van der Waals surface area (Å²) in [6.45, 7) is 8.95. The zero-order valence-electron chi connectivity index (χ0n) is 12.8. The molecule has 2 aliphatic heterocycles. The molecule has 2 heterocycles. The summed E-state index contributed by atoms with van der Waals surface area (Å²) in [7, 11) is -3.16. The second-order valence-corrected chi connectivity index (χ2v) is 8.45. The van der Waals surface area contributed by atoms with E-state index in [2.05, 4.69) is 17.1 Å². The predicted molar refractivity (Wildman–Crippen MR) is 82.3 cm³/mol. The van der Waals surface area contributed by atoms with Gasteiger partial charge in [-0.05, 0) is 52.2 Å². The van der Waals surface area contributed by atoms with E-state index in [1.165, 1.54) is 6.42 Å². The van der Waals surface area contributed by atoms with E-state index in [9.17, 15) is 8.42 Å². The van der Waals surface area contributed by atoms with Crippen molar-refractivity contribution in [3.05, 3.63) is 0 Å². The number of hydrogen-bond acceptors (Lipinski definition) is 4. The van der Waals surface area contributed by atoms with Crippen LogP contribution in [0.15, 0.2) is 0 Å². The van der Waals surface area contributed by atoms with Crippen LogP contribution in [0.1, 0.15) is 39.5 Å². The van der Waals surface area contributed by atoms with E-state index in [1.54, 1.807) is 4.31 Å². The average molecular weight is 303 g/mol. The van der Waals surface area contributed by atoms with Crippen molar-refractivity contribution < 1.29 is 8.42 Å². The second-order valence-electron chi connectivity index (χ2n) is 6.10. The fourth-order valence-electron chi connectivity index (χ4n) is 3.25. The summed E-state index contributed by atoms with van der Waals surface area (Å²) in [5.74, 6) is 0. The quantitative estimate of drug-likeness (QED) is 0.740. The van der Waals surface area contributed by atoms with Crippen LogP contribution in [0.4, 0.5) is 0 Å². The molecule has 0 aromatic carbocycles. The Morgan fingerprint density at radius 3 is 2.75 bits per heavy atom. The monoisotopic (exact) mass is 303 g/mol. The van der Waals surface area contributed by atoms with Crippen LogP contribution in [-0.2, 0) is 10.0 Å². The van der Waals surface area contributed by atoms with Crippen molar-refractivity contribution >= 4 is 10.0 Å². The molecule has 0 radical (unpaired) electrons. The van der Waals surface area contributed by atoms with Gasteiger partial charge >= 0.3 is 0 Å². The smallest absolute Gasteiger partial charge is 0.218 e. The van der Waals surface area contributed by atoms with Gasteiger partial charge in [0, 0.05) is 25.7 Å². The third-order valence-corrected chi connectivity index (χ3v) is 6.73. The molecule has 2 unspecified atom stereocenters. The summed E-state index contributed by atoms with van der Waals surface area (Å²) in [4.78, 5) is 2.47. The van der Waals surface area contributed by atoms with E-state index in [1.807, 2.05) is 6.92 Å². The van der Waals surface area contributed by atoms with Gasteiger partial charge in [-0.15, -0.1) is 0 Å². The van der Waals surface area contributed by atoms with Gasteiger partial charge in [0.25, 0.3) is 0 Å². The highest BCUT2D eigenvalue weighted by Crippen LogP contribution is 2.23. The lowest BCUT2D eigenvalue weighted by Crippen LogP contribution is -2.45. The molecule has 0 bridgehead atoms. The van der Waals surface area contributed by atoms with E-state index in [-0.39, 0.29) is 5.25 Å². The number of sulfonamides is 1. The minimum Gasteiger partial charge on any atom is -0.315 e. The molecule has 2 fully saturated rings. The number of hydrogen-bond donors (Lipinski definition) is 1. The first-order chi connectivity index (χ1) is 9.55.